The van der Waals surface area contributed by atoms with Crippen LogP contribution in [-0.4, -0.2) is 28.4 Å². The molecule has 1 amide bonds. The fraction of sp³-hybridized carbons (Fsp3) is 0.278. The van der Waals surface area contributed by atoms with Crippen LogP contribution < -0.4 is 4.74 Å². The number of ether oxygens (including phenoxy) is 1. The van der Waals surface area contributed by atoms with E-state index >= 15 is 0 Å². The van der Waals surface area contributed by atoms with Crippen molar-refractivity contribution in [2.75, 3.05) is 6.54 Å². The summed E-state index contributed by atoms with van der Waals surface area (Å²) in [5.41, 5.74) is 2.25. The molecule has 2 aromatic carbocycles. The number of hydrogen-bond donors (Lipinski definition) is 0. The summed E-state index contributed by atoms with van der Waals surface area (Å²) in [4.78, 5) is 24.9. The summed E-state index contributed by atoms with van der Waals surface area (Å²) in [5.74, 6) is -0.0524. The van der Waals surface area contributed by atoms with Crippen molar-refractivity contribution in [2.24, 2.45) is 0 Å². The van der Waals surface area contributed by atoms with Crippen molar-refractivity contribution in [1.82, 2.24) is 4.90 Å². The molecule has 0 N–H and O–H groups in total. The molecule has 2 aromatic rings. The molecule has 0 aromatic heterocycles. The van der Waals surface area contributed by atoms with Gasteiger partial charge in [-0.15, -0.1) is 0 Å². The van der Waals surface area contributed by atoms with Crippen LogP contribution in [-0.2, 0) is 17.8 Å². The highest BCUT2D eigenvalue weighted by Gasteiger charge is 2.27. The molecule has 6 heteroatoms. The van der Waals surface area contributed by atoms with Gasteiger partial charge in [0.05, 0.1) is 4.92 Å². The zero-order chi connectivity index (χ0) is 17.1. The van der Waals surface area contributed by atoms with Gasteiger partial charge in [0.1, 0.15) is 0 Å². The number of para-hydroxylation sites is 2. The van der Waals surface area contributed by atoms with Crippen molar-refractivity contribution in [3.63, 3.8) is 0 Å². The Labute approximate surface area is 139 Å². The molecule has 0 spiro atoms. The Morgan fingerprint density at radius 3 is 2.58 bits per heavy atom. The third-order valence-electron chi connectivity index (χ3n) is 4.16. The van der Waals surface area contributed by atoms with Gasteiger partial charge in [-0.1, -0.05) is 36.4 Å². The smallest absolute Gasteiger partial charge is 0.310 e. The number of fused-ring (bicyclic) bond motifs is 1. The summed E-state index contributed by atoms with van der Waals surface area (Å²) in [5, 5.41) is 11.0. The van der Waals surface area contributed by atoms with Gasteiger partial charge in [0.2, 0.25) is 0 Å². The molecule has 0 saturated heterocycles. The maximum atomic E-state index is 12.6. The molecule has 1 aliphatic rings. The van der Waals surface area contributed by atoms with Gasteiger partial charge in [-0.25, -0.2) is 0 Å². The lowest BCUT2D eigenvalue weighted by molar-refractivity contribution is -0.386. The predicted octanol–water partition coefficient (Wildman–Crippen LogP) is 2.95. The minimum atomic E-state index is -0.781. The summed E-state index contributed by atoms with van der Waals surface area (Å²) in [7, 11) is 0. The lowest BCUT2D eigenvalue weighted by Crippen LogP contribution is -2.43. The molecule has 1 heterocycles. The van der Waals surface area contributed by atoms with E-state index in [1.807, 2.05) is 18.2 Å². The number of carbonyl (C=O) groups excluding carboxylic acids is 1. The van der Waals surface area contributed by atoms with Crippen LogP contribution in [0.4, 0.5) is 5.69 Å². The van der Waals surface area contributed by atoms with Crippen molar-refractivity contribution in [1.29, 1.82) is 0 Å². The van der Waals surface area contributed by atoms with Crippen molar-refractivity contribution < 1.29 is 14.5 Å². The fourth-order valence-corrected chi connectivity index (χ4v) is 2.89. The molecule has 124 valence electrons. The molecule has 0 aliphatic carbocycles. The summed E-state index contributed by atoms with van der Waals surface area (Å²) >= 11 is 0. The molecular formula is C18H18N2O4. The van der Waals surface area contributed by atoms with E-state index in [0.29, 0.717) is 13.1 Å². The fourth-order valence-electron chi connectivity index (χ4n) is 2.89. The van der Waals surface area contributed by atoms with E-state index in [4.69, 9.17) is 4.74 Å². The van der Waals surface area contributed by atoms with Gasteiger partial charge in [0.15, 0.2) is 11.9 Å². The Balaban J connectivity index is 1.71. The molecule has 0 radical (unpaired) electrons. The van der Waals surface area contributed by atoms with Gasteiger partial charge in [0, 0.05) is 19.2 Å². The van der Waals surface area contributed by atoms with Crippen LogP contribution >= 0.6 is 0 Å². The molecule has 3 rings (SSSR count). The maximum absolute atomic E-state index is 12.6. The van der Waals surface area contributed by atoms with Gasteiger partial charge in [0.25, 0.3) is 5.91 Å². The van der Waals surface area contributed by atoms with E-state index in [-0.39, 0.29) is 17.3 Å². The summed E-state index contributed by atoms with van der Waals surface area (Å²) in [6.45, 7) is 2.79. The first-order valence-corrected chi connectivity index (χ1v) is 7.82. The second kappa shape index (κ2) is 6.70. The SMILES string of the molecule is C[C@@H](Oc1ccccc1[N+](=O)[O-])C(=O)N1CCc2ccccc2C1. The highest BCUT2D eigenvalue weighted by atomic mass is 16.6. The first kappa shape index (κ1) is 16.0. The topological polar surface area (TPSA) is 72.7 Å². The van der Waals surface area contributed by atoms with E-state index in [0.717, 1.165) is 12.0 Å². The zero-order valence-corrected chi connectivity index (χ0v) is 13.3. The average Bonchev–Trinajstić information content (AvgIpc) is 2.61. The molecule has 1 aliphatic heterocycles. The Bertz CT molecular complexity index is 775. The van der Waals surface area contributed by atoms with Crippen LogP contribution in [0.3, 0.4) is 0 Å². The number of hydrogen-bond acceptors (Lipinski definition) is 4. The lowest BCUT2D eigenvalue weighted by Gasteiger charge is -2.30. The van der Waals surface area contributed by atoms with Crippen LogP contribution in [0, 0.1) is 10.1 Å². The monoisotopic (exact) mass is 326 g/mol. The number of rotatable bonds is 4. The highest BCUT2D eigenvalue weighted by Crippen LogP contribution is 2.27. The minimum absolute atomic E-state index is 0.112. The van der Waals surface area contributed by atoms with E-state index in [9.17, 15) is 14.9 Å². The van der Waals surface area contributed by atoms with Crippen LogP contribution in [0.15, 0.2) is 48.5 Å². The second-order valence-electron chi connectivity index (χ2n) is 5.76. The Kier molecular flexibility index (Phi) is 4.46. The number of nitro groups is 1. The van der Waals surface area contributed by atoms with E-state index in [1.54, 1.807) is 24.0 Å². The molecule has 1 atom stereocenters. The molecule has 0 bridgehead atoms. The zero-order valence-electron chi connectivity index (χ0n) is 13.3. The third kappa shape index (κ3) is 3.22. The normalized spacial score (nSPS) is 14.6. The van der Waals surface area contributed by atoms with Crippen LogP contribution in [0.2, 0.25) is 0 Å². The second-order valence-corrected chi connectivity index (χ2v) is 5.76. The first-order chi connectivity index (χ1) is 11.6. The Hall–Kier alpha value is -2.89. The quantitative estimate of drug-likeness (QED) is 0.639. The van der Waals surface area contributed by atoms with Crippen molar-refractivity contribution in [2.45, 2.75) is 26.0 Å². The van der Waals surface area contributed by atoms with Gasteiger partial charge in [-0.3, -0.25) is 14.9 Å². The molecule has 6 nitrogen and oxygen atoms in total. The lowest BCUT2D eigenvalue weighted by atomic mass is 9.99. The van der Waals surface area contributed by atoms with Crippen LogP contribution in [0.5, 0.6) is 5.75 Å². The third-order valence-corrected chi connectivity index (χ3v) is 4.16. The number of benzene rings is 2. The molecule has 24 heavy (non-hydrogen) atoms. The van der Waals surface area contributed by atoms with E-state index in [2.05, 4.69) is 6.07 Å². The Morgan fingerprint density at radius 1 is 1.17 bits per heavy atom. The Morgan fingerprint density at radius 2 is 1.83 bits per heavy atom. The number of amides is 1. The maximum Gasteiger partial charge on any atom is 0.310 e. The average molecular weight is 326 g/mol. The molecule has 0 fully saturated rings. The van der Waals surface area contributed by atoms with Gasteiger partial charge >= 0.3 is 5.69 Å². The van der Waals surface area contributed by atoms with Crippen molar-refractivity contribution in [3.8, 4) is 5.75 Å². The van der Waals surface area contributed by atoms with E-state index < -0.39 is 11.0 Å². The summed E-state index contributed by atoms with van der Waals surface area (Å²) in [6.07, 6.45) is 0.0245. The van der Waals surface area contributed by atoms with Gasteiger partial charge in [-0.2, -0.15) is 0 Å². The van der Waals surface area contributed by atoms with Crippen molar-refractivity contribution in [3.05, 3.63) is 69.8 Å². The van der Waals surface area contributed by atoms with Crippen LogP contribution in [0.1, 0.15) is 18.1 Å². The van der Waals surface area contributed by atoms with Crippen LogP contribution in [0.25, 0.3) is 0 Å². The highest BCUT2D eigenvalue weighted by molar-refractivity contribution is 5.81. The summed E-state index contributed by atoms with van der Waals surface area (Å²) in [6, 6.07) is 14.1. The number of nitro benzene ring substituents is 1. The summed E-state index contributed by atoms with van der Waals surface area (Å²) < 4.78 is 5.58. The first-order valence-electron chi connectivity index (χ1n) is 7.82. The minimum Gasteiger partial charge on any atom is -0.474 e. The molecule has 0 unspecified atom stereocenters. The number of nitrogens with zero attached hydrogens (tertiary/aromatic N) is 2. The van der Waals surface area contributed by atoms with Gasteiger partial charge in [-0.05, 0) is 30.5 Å². The largest absolute Gasteiger partial charge is 0.474 e. The number of carbonyl (C=O) groups is 1. The van der Waals surface area contributed by atoms with E-state index in [1.165, 1.54) is 17.7 Å². The van der Waals surface area contributed by atoms with Crippen molar-refractivity contribution >= 4 is 11.6 Å². The standard InChI is InChI=1S/C18H18N2O4/c1-13(24-17-9-5-4-8-16(17)20(22)23)18(21)19-11-10-14-6-2-3-7-15(14)12-19/h2-9,13H,10-12H2,1H3/t13-/m1/s1. The molecular weight excluding hydrogens is 308 g/mol. The predicted molar refractivity (Wildman–Crippen MR) is 88.7 cm³/mol. The molecule has 0 saturated carbocycles. The van der Waals surface area contributed by atoms with Gasteiger partial charge < -0.3 is 9.64 Å².